The summed E-state index contributed by atoms with van der Waals surface area (Å²) in [5, 5.41) is 13.2. The Balaban J connectivity index is 2.28. The molecule has 14 heavy (non-hydrogen) atoms. The molecule has 0 amide bonds. The zero-order chi connectivity index (χ0) is 10.6. The molecule has 0 aliphatic rings. The van der Waals surface area contributed by atoms with Gasteiger partial charge in [-0.1, -0.05) is 11.6 Å². The van der Waals surface area contributed by atoms with Gasteiger partial charge in [0.15, 0.2) is 0 Å². The smallest absolute Gasteiger partial charge is 0.303 e. The number of hydrogen-bond acceptors (Lipinski definition) is 2. The minimum absolute atomic E-state index is 0.214. The van der Waals surface area contributed by atoms with Gasteiger partial charge >= 0.3 is 5.97 Å². The van der Waals surface area contributed by atoms with Gasteiger partial charge in [0, 0.05) is 19.2 Å². The molecule has 0 saturated heterocycles. The molecule has 1 N–H and O–H groups in total. The Bertz CT molecular complexity index is 308. The molecule has 0 saturated carbocycles. The molecule has 0 unspecified atom stereocenters. The minimum atomic E-state index is -0.752. The number of unbranched alkanes of at least 4 members (excludes halogenated alkanes) is 1. The second-order valence-electron chi connectivity index (χ2n) is 2.88. The van der Waals surface area contributed by atoms with Gasteiger partial charge in [-0.05, 0) is 35.4 Å². The van der Waals surface area contributed by atoms with Crippen molar-refractivity contribution in [3.8, 4) is 0 Å². The maximum absolute atomic E-state index is 10.2. The zero-order valence-corrected chi connectivity index (χ0v) is 10.3. The van der Waals surface area contributed by atoms with Crippen LogP contribution in [0.25, 0.3) is 0 Å². The van der Waals surface area contributed by atoms with Crippen LogP contribution in [-0.4, -0.2) is 20.9 Å². The molecular formula is C8H10ClIN2O2. The maximum Gasteiger partial charge on any atom is 0.303 e. The predicted octanol–water partition coefficient (Wildman–Crippen LogP) is 2.40. The molecule has 1 aromatic rings. The molecule has 0 aliphatic carbocycles. The molecule has 0 aliphatic heterocycles. The van der Waals surface area contributed by atoms with E-state index in [1.807, 2.05) is 0 Å². The van der Waals surface area contributed by atoms with Crippen LogP contribution in [0.3, 0.4) is 0 Å². The van der Waals surface area contributed by atoms with Crippen LogP contribution in [0.15, 0.2) is 6.20 Å². The quantitative estimate of drug-likeness (QED) is 0.667. The summed E-state index contributed by atoms with van der Waals surface area (Å²) in [5.74, 6) is -0.752. The van der Waals surface area contributed by atoms with Crippen LogP contribution in [0.2, 0.25) is 5.02 Å². The maximum atomic E-state index is 10.2. The average Bonchev–Trinajstić information content (AvgIpc) is 2.40. The summed E-state index contributed by atoms with van der Waals surface area (Å²) in [6.45, 7) is 0.718. The number of carbonyl (C=O) groups is 1. The normalized spacial score (nSPS) is 10.4. The molecule has 78 valence electrons. The summed E-state index contributed by atoms with van der Waals surface area (Å²) in [6, 6.07) is 0. The van der Waals surface area contributed by atoms with Crippen molar-refractivity contribution in [1.29, 1.82) is 0 Å². The standard InChI is InChI=1S/C8H10ClIN2O2/c9-6-5-12(11-8(6)10)4-2-1-3-7(13)14/h5H,1-4H2,(H,13,14). The monoisotopic (exact) mass is 328 g/mol. The first-order valence-corrected chi connectivity index (χ1v) is 5.65. The molecule has 1 rings (SSSR count). The van der Waals surface area contributed by atoms with Crippen LogP contribution < -0.4 is 0 Å². The van der Waals surface area contributed by atoms with Gasteiger partial charge in [0.1, 0.15) is 3.70 Å². The molecule has 6 heteroatoms. The van der Waals surface area contributed by atoms with Gasteiger partial charge in [0.05, 0.1) is 5.02 Å². The molecule has 0 fully saturated rings. The van der Waals surface area contributed by atoms with E-state index < -0.39 is 5.97 Å². The number of aliphatic carboxylic acids is 1. The highest BCUT2D eigenvalue weighted by molar-refractivity contribution is 14.1. The lowest BCUT2D eigenvalue weighted by atomic mass is 10.2. The van der Waals surface area contributed by atoms with Crippen molar-refractivity contribution in [2.24, 2.45) is 0 Å². The van der Waals surface area contributed by atoms with Crippen LogP contribution in [-0.2, 0) is 11.3 Å². The van der Waals surface area contributed by atoms with Crippen LogP contribution in [0, 0.1) is 3.70 Å². The Morgan fingerprint density at radius 2 is 2.36 bits per heavy atom. The number of carboxylic acids is 1. The van der Waals surface area contributed by atoms with E-state index in [9.17, 15) is 4.79 Å². The van der Waals surface area contributed by atoms with Crippen molar-refractivity contribution in [2.75, 3.05) is 0 Å². The van der Waals surface area contributed by atoms with Gasteiger partial charge < -0.3 is 5.11 Å². The highest BCUT2D eigenvalue weighted by Crippen LogP contribution is 2.15. The van der Waals surface area contributed by atoms with E-state index in [2.05, 4.69) is 27.7 Å². The summed E-state index contributed by atoms with van der Waals surface area (Å²) in [7, 11) is 0. The van der Waals surface area contributed by atoms with Crippen LogP contribution in [0.1, 0.15) is 19.3 Å². The summed E-state index contributed by atoms with van der Waals surface area (Å²) < 4.78 is 2.52. The van der Waals surface area contributed by atoms with Crippen LogP contribution in [0.5, 0.6) is 0 Å². The predicted molar refractivity (Wildman–Crippen MR) is 61.4 cm³/mol. The van der Waals surface area contributed by atoms with Crippen molar-refractivity contribution < 1.29 is 9.90 Å². The van der Waals surface area contributed by atoms with Gasteiger partial charge in [-0.2, -0.15) is 5.10 Å². The summed E-state index contributed by atoms with van der Waals surface area (Å²) >= 11 is 7.87. The number of hydrogen-bond donors (Lipinski definition) is 1. The van der Waals surface area contributed by atoms with Gasteiger partial charge in [-0.3, -0.25) is 9.48 Å². The fraction of sp³-hybridized carbons (Fsp3) is 0.500. The van der Waals surface area contributed by atoms with E-state index in [0.717, 1.165) is 16.7 Å². The lowest BCUT2D eigenvalue weighted by Gasteiger charge is -1.98. The zero-order valence-electron chi connectivity index (χ0n) is 7.41. The molecule has 4 nitrogen and oxygen atoms in total. The Kier molecular flexibility index (Phi) is 4.67. The van der Waals surface area contributed by atoms with E-state index in [1.54, 1.807) is 10.9 Å². The van der Waals surface area contributed by atoms with Crippen molar-refractivity contribution in [2.45, 2.75) is 25.8 Å². The van der Waals surface area contributed by atoms with Gasteiger partial charge in [-0.25, -0.2) is 0 Å². The van der Waals surface area contributed by atoms with E-state index in [0.29, 0.717) is 11.4 Å². The fourth-order valence-corrected chi connectivity index (χ4v) is 1.60. The van der Waals surface area contributed by atoms with Crippen LogP contribution >= 0.6 is 34.2 Å². The third-order valence-electron chi connectivity index (χ3n) is 1.70. The lowest BCUT2D eigenvalue weighted by molar-refractivity contribution is -0.137. The number of aryl methyl sites for hydroxylation is 1. The summed E-state index contributed by atoms with van der Waals surface area (Å²) in [5.41, 5.74) is 0. The number of carboxylic acid groups (broad SMARTS) is 1. The number of halogens is 2. The second-order valence-corrected chi connectivity index (χ2v) is 4.31. The highest BCUT2D eigenvalue weighted by atomic mass is 127. The number of nitrogens with zero attached hydrogens (tertiary/aromatic N) is 2. The van der Waals surface area contributed by atoms with E-state index in [1.165, 1.54) is 0 Å². The van der Waals surface area contributed by atoms with E-state index in [4.69, 9.17) is 16.7 Å². The molecule has 0 spiro atoms. The van der Waals surface area contributed by atoms with E-state index in [-0.39, 0.29) is 6.42 Å². The SMILES string of the molecule is O=C(O)CCCCn1cc(Cl)c(I)n1. The Morgan fingerprint density at radius 3 is 2.86 bits per heavy atom. The molecule has 0 bridgehead atoms. The second kappa shape index (κ2) is 5.55. The van der Waals surface area contributed by atoms with Gasteiger partial charge in [0.25, 0.3) is 0 Å². The number of aromatic nitrogens is 2. The first-order chi connectivity index (χ1) is 6.59. The number of rotatable bonds is 5. The van der Waals surface area contributed by atoms with Crippen LogP contribution in [0.4, 0.5) is 0 Å². The molecule has 1 heterocycles. The lowest BCUT2D eigenvalue weighted by Crippen LogP contribution is -2.00. The molecule has 1 aromatic heterocycles. The molecular weight excluding hydrogens is 318 g/mol. The third-order valence-corrected chi connectivity index (χ3v) is 3.10. The average molecular weight is 329 g/mol. The Morgan fingerprint density at radius 1 is 1.64 bits per heavy atom. The molecule has 0 atom stereocenters. The highest BCUT2D eigenvalue weighted by Gasteiger charge is 2.03. The van der Waals surface area contributed by atoms with Gasteiger partial charge in [-0.15, -0.1) is 0 Å². The topological polar surface area (TPSA) is 55.1 Å². The fourth-order valence-electron chi connectivity index (χ4n) is 1.04. The Labute approximate surface area is 100 Å². The minimum Gasteiger partial charge on any atom is -0.481 e. The molecule has 0 radical (unpaired) electrons. The van der Waals surface area contributed by atoms with Crippen molar-refractivity contribution >= 4 is 40.2 Å². The van der Waals surface area contributed by atoms with Crippen molar-refractivity contribution in [3.05, 3.63) is 14.9 Å². The van der Waals surface area contributed by atoms with Crippen molar-refractivity contribution in [3.63, 3.8) is 0 Å². The first kappa shape index (κ1) is 11.8. The summed E-state index contributed by atoms with van der Waals surface area (Å²) in [4.78, 5) is 10.2. The Hall–Kier alpha value is -0.300. The summed E-state index contributed by atoms with van der Waals surface area (Å²) in [6.07, 6.45) is 3.44. The van der Waals surface area contributed by atoms with Gasteiger partial charge in [0.2, 0.25) is 0 Å². The van der Waals surface area contributed by atoms with Crippen molar-refractivity contribution in [1.82, 2.24) is 9.78 Å². The largest absolute Gasteiger partial charge is 0.481 e. The third kappa shape index (κ3) is 3.83. The first-order valence-electron chi connectivity index (χ1n) is 4.20. The molecule has 0 aromatic carbocycles. The van der Waals surface area contributed by atoms with E-state index >= 15 is 0 Å².